The third-order valence-corrected chi connectivity index (χ3v) is 4.10. The zero-order valence-electron chi connectivity index (χ0n) is 12.7. The summed E-state index contributed by atoms with van der Waals surface area (Å²) in [5, 5.41) is 9.19. The van der Waals surface area contributed by atoms with E-state index in [1.807, 2.05) is 6.92 Å². The fourth-order valence-corrected chi connectivity index (χ4v) is 2.55. The van der Waals surface area contributed by atoms with E-state index >= 15 is 0 Å². The molecule has 4 heteroatoms. The summed E-state index contributed by atoms with van der Waals surface area (Å²) in [6, 6.07) is 8.69. The third kappa shape index (κ3) is 4.20. The van der Waals surface area contributed by atoms with Crippen molar-refractivity contribution >= 4 is 5.69 Å². The lowest BCUT2D eigenvalue weighted by molar-refractivity contribution is 0.171. The molecule has 0 aromatic heterocycles. The predicted molar refractivity (Wildman–Crippen MR) is 84.1 cm³/mol. The Hall–Kier alpha value is -1.10. The number of aryl methyl sites for hydroxylation is 1. The number of hydrogen-bond donors (Lipinski definition) is 2. The first-order chi connectivity index (χ1) is 9.50. The van der Waals surface area contributed by atoms with Crippen molar-refractivity contribution in [2.75, 3.05) is 44.2 Å². The molecule has 4 nitrogen and oxygen atoms in total. The number of nitrogens with zero attached hydrogens (tertiary/aromatic N) is 2. The average Bonchev–Trinajstić information content (AvgIpc) is 2.46. The van der Waals surface area contributed by atoms with Gasteiger partial charge in [0.05, 0.1) is 6.61 Å². The van der Waals surface area contributed by atoms with Gasteiger partial charge in [-0.3, -0.25) is 4.90 Å². The van der Waals surface area contributed by atoms with E-state index in [0.29, 0.717) is 0 Å². The Morgan fingerprint density at radius 3 is 2.55 bits per heavy atom. The van der Waals surface area contributed by atoms with Crippen LogP contribution in [0.1, 0.15) is 18.9 Å². The standard InChI is InChI=1S/C16H27N3O/c1-14-4-3-5-15(12-14)19-10-8-18(9-11-19)7-6-16(2,17)13-20/h3-5,12,20H,6-11,13,17H2,1-2H3. The molecule has 0 aliphatic carbocycles. The number of rotatable bonds is 5. The highest BCUT2D eigenvalue weighted by Crippen LogP contribution is 2.18. The van der Waals surface area contributed by atoms with E-state index in [1.165, 1.54) is 11.3 Å². The van der Waals surface area contributed by atoms with Crippen molar-refractivity contribution in [3.05, 3.63) is 29.8 Å². The lowest BCUT2D eigenvalue weighted by Gasteiger charge is -2.37. The van der Waals surface area contributed by atoms with Crippen molar-refractivity contribution in [3.63, 3.8) is 0 Å². The maximum atomic E-state index is 9.19. The number of anilines is 1. The van der Waals surface area contributed by atoms with Gasteiger partial charge in [0.15, 0.2) is 0 Å². The molecule has 0 radical (unpaired) electrons. The van der Waals surface area contributed by atoms with E-state index in [9.17, 15) is 5.11 Å². The van der Waals surface area contributed by atoms with Crippen LogP contribution in [0.15, 0.2) is 24.3 Å². The van der Waals surface area contributed by atoms with Crippen molar-refractivity contribution in [1.82, 2.24) is 4.90 Å². The van der Waals surface area contributed by atoms with Gasteiger partial charge in [-0.25, -0.2) is 0 Å². The van der Waals surface area contributed by atoms with Gasteiger partial charge in [0, 0.05) is 44.0 Å². The highest BCUT2D eigenvalue weighted by atomic mass is 16.3. The molecule has 1 unspecified atom stereocenters. The van der Waals surface area contributed by atoms with Crippen LogP contribution >= 0.6 is 0 Å². The second-order valence-electron chi connectivity index (χ2n) is 6.23. The minimum absolute atomic E-state index is 0.0518. The molecule has 1 aromatic carbocycles. The topological polar surface area (TPSA) is 52.7 Å². The molecule has 0 bridgehead atoms. The molecule has 1 atom stereocenters. The van der Waals surface area contributed by atoms with Crippen LogP contribution in [0.2, 0.25) is 0 Å². The molecule has 1 fully saturated rings. The molecule has 1 aliphatic rings. The highest BCUT2D eigenvalue weighted by Gasteiger charge is 2.21. The zero-order valence-corrected chi connectivity index (χ0v) is 12.7. The van der Waals surface area contributed by atoms with Crippen molar-refractivity contribution in [3.8, 4) is 0 Å². The first kappa shape index (κ1) is 15.3. The summed E-state index contributed by atoms with van der Waals surface area (Å²) in [4.78, 5) is 4.88. The molecule has 0 spiro atoms. The van der Waals surface area contributed by atoms with E-state index in [0.717, 1.165) is 39.1 Å². The van der Waals surface area contributed by atoms with Crippen LogP contribution in [0.3, 0.4) is 0 Å². The second kappa shape index (κ2) is 6.57. The SMILES string of the molecule is Cc1cccc(N2CCN(CCC(C)(N)CO)CC2)c1. The normalized spacial score (nSPS) is 19.9. The highest BCUT2D eigenvalue weighted by molar-refractivity contribution is 5.48. The van der Waals surface area contributed by atoms with Gasteiger partial charge in [-0.15, -0.1) is 0 Å². The molecule has 1 heterocycles. The maximum Gasteiger partial charge on any atom is 0.0608 e. The lowest BCUT2D eigenvalue weighted by atomic mass is 10.0. The quantitative estimate of drug-likeness (QED) is 0.849. The summed E-state index contributed by atoms with van der Waals surface area (Å²) in [5.41, 5.74) is 8.17. The van der Waals surface area contributed by atoms with Crippen LogP contribution in [0.25, 0.3) is 0 Å². The molecule has 1 aromatic rings. The van der Waals surface area contributed by atoms with E-state index in [-0.39, 0.29) is 6.61 Å². The zero-order chi connectivity index (χ0) is 14.6. The van der Waals surface area contributed by atoms with Gasteiger partial charge in [-0.2, -0.15) is 0 Å². The van der Waals surface area contributed by atoms with Crippen molar-refractivity contribution < 1.29 is 5.11 Å². The molecule has 1 saturated heterocycles. The van der Waals surface area contributed by atoms with Gasteiger partial charge in [-0.1, -0.05) is 12.1 Å². The first-order valence-electron chi connectivity index (χ1n) is 7.44. The van der Waals surface area contributed by atoms with Gasteiger partial charge in [0.25, 0.3) is 0 Å². The largest absolute Gasteiger partial charge is 0.394 e. The number of piperazine rings is 1. The number of benzene rings is 1. The second-order valence-corrected chi connectivity index (χ2v) is 6.23. The van der Waals surface area contributed by atoms with Crippen LogP contribution < -0.4 is 10.6 Å². The lowest BCUT2D eigenvalue weighted by Crippen LogP contribution is -2.49. The van der Waals surface area contributed by atoms with Crippen LogP contribution in [-0.2, 0) is 0 Å². The van der Waals surface area contributed by atoms with E-state index in [2.05, 4.69) is 41.0 Å². The van der Waals surface area contributed by atoms with Gasteiger partial charge in [-0.05, 0) is 38.0 Å². The molecule has 0 saturated carbocycles. The molecule has 1 aliphatic heterocycles. The summed E-state index contributed by atoms with van der Waals surface area (Å²) >= 11 is 0. The van der Waals surface area contributed by atoms with Gasteiger partial charge in [0.1, 0.15) is 0 Å². The summed E-state index contributed by atoms with van der Waals surface area (Å²) in [6.45, 7) is 9.32. The molecule has 112 valence electrons. The Bertz CT molecular complexity index is 425. The van der Waals surface area contributed by atoms with Gasteiger partial charge in [0.2, 0.25) is 0 Å². The van der Waals surface area contributed by atoms with Crippen LogP contribution in [0.4, 0.5) is 5.69 Å². The van der Waals surface area contributed by atoms with Gasteiger partial charge >= 0.3 is 0 Å². The summed E-state index contributed by atoms with van der Waals surface area (Å²) in [7, 11) is 0. The Kier molecular flexibility index (Phi) is 5.02. The Morgan fingerprint density at radius 2 is 1.95 bits per heavy atom. The first-order valence-corrected chi connectivity index (χ1v) is 7.44. The third-order valence-electron chi connectivity index (χ3n) is 4.10. The van der Waals surface area contributed by atoms with Crippen LogP contribution in [0.5, 0.6) is 0 Å². The molecule has 20 heavy (non-hydrogen) atoms. The molecular weight excluding hydrogens is 250 g/mol. The molecular formula is C16H27N3O. The smallest absolute Gasteiger partial charge is 0.0608 e. The van der Waals surface area contributed by atoms with Crippen LogP contribution in [0, 0.1) is 6.92 Å². The number of aliphatic hydroxyl groups is 1. The average molecular weight is 277 g/mol. The monoisotopic (exact) mass is 277 g/mol. The number of nitrogens with two attached hydrogens (primary N) is 1. The Morgan fingerprint density at radius 1 is 1.25 bits per heavy atom. The molecule has 2 rings (SSSR count). The summed E-state index contributed by atoms with van der Waals surface area (Å²) < 4.78 is 0. The Balaban J connectivity index is 1.81. The maximum absolute atomic E-state index is 9.19. The van der Waals surface area contributed by atoms with Gasteiger partial charge < -0.3 is 15.7 Å². The summed E-state index contributed by atoms with van der Waals surface area (Å²) in [5.74, 6) is 0. The Labute approximate surface area is 122 Å². The number of aliphatic hydroxyl groups excluding tert-OH is 1. The van der Waals surface area contributed by atoms with Crippen molar-refractivity contribution in [1.29, 1.82) is 0 Å². The fraction of sp³-hybridized carbons (Fsp3) is 0.625. The summed E-state index contributed by atoms with van der Waals surface area (Å²) in [6.07, 6.45) is 0.841. The van der Waals surface area contributed by atoms with Crippen molar-refractivity contribution in [2.45, 2.75) is 25.8 Å². The number of hydrogen-bond acceptors (Lipinski definition) is 4. The fourth-order valence-electron chi connectivity index (χ4n) is 2.55. The minimum atomic E-state index is -0.451. The van der Waals surface area contributed by atoms with E-state index < -0.39 is 5.54 Å². The van der Waals surface area contributed by atoms with E-state index in [4.69, 9.17) is 5.73 Å². The van der Waals surface area contributed by atoms with Crippen molar-refractivity contribution in [2.24, 2.45) is 5.73 Å². The minimum Gasteiger partial charge on any atom is -0.394 e. The molecule has 0 amide bonds. The molecule has 3 N–H and O–H groups in total. The van der Waals surface area contributed by atoms with E-state index in [1.54, 1.807) is 0 Å². The predicted octanol–water partition coefficient (Wildman–Crippen LogP) is 1.22. The van der Waals surface area contributed by atoms with Crippen LogP contribution in [-0.4, -0.2) is 54.9 Å².